The molecule has 2 saturated heterocycles. The normalized spacial score (nSPS) is 28.5. The van der Waals surface area contributed by atoms with Crippen LogP contribution >= 0.6 is 0 Å². The quantitative estimate of drug-likeness (QED) is 0.173. The van der Waals surface area contributed by atoms with E-state index in [9.17, 15) is 33.9 Å². The fourth-order valence-electron chi connectivity index (χ4n) is 5.68. The van der Waals surface area contributed by atoms with E-state index in [0.717, 1.165) is 34.6 Å². The Kier molecular flexibility index (Phi) is 15.2. The van der Waals surface area contributed by atoms with Crippen LogP contribution in [-0.4, -0.2) is 118 Å². The van der Waals surface area contributed by atoms with E-state index in [0.29, 0.717) is 11.3 Å². The van der Waals surface area contributed by atoms with E-state index in [4.69, 9.17) is 47.1 Å². The van der Waals surface area contributed by atoms with Crippen LogP contribution in [0.15, 0.2) is 24.3 Å². The molecule has 17 nitrogen and oxygen atoms in total. The maximum absolute atomic E-state index is 12.5. The highest BCUT2D eigenvalue weighted by molar-refractivity contribution is 6.74. The summed E-state index contributed by atoms with van der Waals surface area (Å²) < 4.78 is 57.8. The minimum Gasteiger partial charge on any atom is -0.543 e. The first kappa shape index (κ1) is 44.3. The summed E-state index contributed by atoms with van der Waals surface area (Å²) in [6, 6.07) is 6.84. The van der Waals surface area contributed by atoms with Gasteiger partial charge >= 0.3 is 35.8 Å². The van der Waals surface area contributed by atoms with Crippen LogP contribution in [-0.2, 0) is 71.4 Å². The van der Waals surface area contributed by atoms with Gasteiger partial charge in [-0.2, -0.15) is 0 Å². The van der Waals surface area contributed by atoms with Crippen LogP contribution in [0, 0.1) is 0 Å². The number of rotatable bonds is 13. The van der Waals surface area contributed by atoms with Crippen LogP contribution in [0.2, 0.25) is 18.1 Å². The zero-order valence-corrected chi connectivity index (χ0v) is 33.5. The molecule has 1 aromatic rings. The Labute approximate surface area is 315 Å². The number of aliphatic hydroxyl groups is 1. The average molecular weight is 785 g/mol. The number of aliphatic hydroxyl groups excluding tert-OH is 1. The van der Waals surface area contributed by atoms with Gasteiger partial charge in [0.25, 0.3) is 0 Å². The van der Waals surface area contributed by atoms with Gasteiger partial charge in [-0.25, -0.2) is 0 Å². The van der Waals surface area contributed by atoms with E-state index in [-0.39, 0.29) is 5.04 Å². The second-order valence-corrected chi connectivity index (χ2v) is 19.3. The van der Waals surface area contributed by atoms with Crippen molar-refractivity contribution in [2.24, 2.45) is 0 Å². The SMILES string of the molecule is CC(=O)OC[C@H]1O[C@H](O[C@@H]2[C@H](O)[C@@H](c3cccc(O[Si](C)(C)C(C)(C)C)c3)O[C@H](COC(C)=O)[C@H]2OC(C)=O)[C@H](OC(C)=O)[C@H](OC(C)=O)[C@@H]1OC(C)=O. The molecule has 2 heterocycles. The first-order valence-corrected chi connectivity index (χ1v) is 20.3. The van der Waals surface area contributed by atoms with Gasteiger partial charge < -0.3 is 52.2 Å². The Morgan fingerprint density at radius 1 is 0.667 bits per heavy atom. The van der Waals surface area contributed by atoms with E-state index in [1.54, 1.807) is 24.3 Å². The van der Waals surface area contributed by atoms with Crippen molar-refractivity contribution in [1.29, 1.82) is 0 Å². The summed E-state index contributed by atoms with van der Waals surface area (Å²) in [4.78, 5) is 73.3. The first-order chi connectivity index (χ1) is 25.0. The molecule has 10 atom stereocenters. The molecule has 0 aromatic heterocycles. The van der Waals surface area contributed by atoms with Gasteiger partial charge in [0.1, 0.15) is 49.5 Å². The Bertz CT molecular complexity index is 1520. The van der Waals surface area contributed by atoms with Crippen molar-refractivity contribution in [3.05, 3.63) is 29.8 Å². The monoisotopic (exact) mass is 784 g/mol. The predicted molar refractivity (Wildman–Crippen MR) is 187 cm³/mol. The van der Waals surface area contributed by atoms with Gasteiger partial charge in [0.15, 0.2) is 30.7 Å². The van der Waals surface area contributed by atoms with Crippen molar-refractivity contribution in [2.75, 3.05) is 13.2 Å². The first-order valence-electron chi connectivity index (χ1n) is 17.4. The summed E-state index contributed by atoms with van der Waals surface area (Å²) in [5, 5.41) is 11.9. The highest BCUT2D eigenvalue weighted by atomic mass is 28.4. The molecule has 0 radical (unpaired) electrons. The number of esters is 6. The fourth-order valence-corrected chi connectivity index (χ4v) is 6.70. The Morgan fingerprint density at radius 3 is 1.61 bits per heavy atom. The minimum absolute atomic E-state index is 0.139. The molecule has 2 aliphatic rings. The third-order valence-electron chi connectivity index (χ3n) is 9.02. The molecule has 0 amide bonds. The topological polar surface area (TPSA) is 215 Å². The van der Waals surface area contributed by atoms with Crippen molar-refractivity contribution in [2.45, 2.75) is 142 Å². The number of carbonyl (C=O) groups is 6. The lowest BCUT2D eigenvalue weighted by Crippen LogP contribution is -2.66. The molecular weight excluding hydrogens is 732 g/mol. The molecule has 2 fully saturated rings. The van der Waals surface area contributed by atoms with E-state index in [1.165, 1.54) is 6.92 Å². The summed E-state index contributed by atoms with van der Waals surface area (Å²) in [6.07, 6.45) is -15.1. The molecule has 0 bridgehead atoms. The van der Waals surface area contributed by atoms with Gasteiger partial charge in [-0.3, -0.25) is 28.8 Å². The maximum atomic E-state index is 12.5. The third-order valence-corrected chi connectivity index (χ3v) is 13.4. The van der Waals surface area contributed by atoms with E-state index in [1.807, 2.05) is 0 Å². The fraction of sp³-hybridized carbons (Fsp3) is 0.667. The molecule has 302 valence electrons. The van der Waals surface area contributed by atoms with Gasteiger partial charge in [-0.1, -0.05) is 32.9 Å². The Hall–Kier alpha value is -4.10. The lowest BCUT2D eigenvalue weighted by molar-refractivity contribution is -0.345. The second-order valence-electron chi connectivity index (χ2n) is 14.6. The summed E-state index contributed by atoms with van der Waals surface area (Å²) in [5.74, 6) is -4.30. The van der Waals surface area contributed by atoms with Gasteiger partial charge in [-0.15, -0.1) is 0 Å². The van der Waals surface area contributed by atoms with E-state index < -0.39 is 119 Å². The minimum atomic E-state index is -2.32. The molecule has 2 aliphatic heterocycles. The molecular formula is C36H52O17Si. The maximum Gasteiger partial charge on any atom is 0.303 e. The predicted octanol–water partition coefficient (Wildman–Crippen LogP) is 2.83. The summed E-state index contributed by atoms with van der Waals surface area (Å²) in [7, 11) is -2.32. The molecule has 0 spiro atoms. The van der Waals surface area contributed by atoms with Crippen molar-refractivity contribution in [1.82, 2.24) is 0 Å². The lowest BCUT2D eigenvalue weighted by Gasteiger charge is -2.48. The van der Waals surface area contributed by atoms with Crippen LogP contribution in [0.1, 0.15) is 74.0 Å². The summed E-state index contributed by atoms with van der Waals surface area (Å²) in [6.45, 7) is 16.0. The number of benzene rings is 1. The van der Waals surface area contributed by atoms with Gasteiger partial charge in [0.2, 0.25) is 8.32 Å². The molecule has 0 aliphatic carbocycles. The average Bonchev–Trinajstić information content (AvgIpc) is 3.02. The van der Waals surface area contributed by atoms with Crippen LogP contribution in [0.3, 0.4) is 0 Å². The number of hydrogen-bond acceptors (Lipinski definition) is 17. The van der Waals surface area contributed by atoms with Crippen molar-refractivity contribution >= 4 is 44.1 Å². The van der Waals surface area contributed by atoms with Crippen molar-refractivity contribution < 1.29 is 80.9 Å². The Morgan fingerprint density at radius 2 is 1.13 bits per heavy atom. The van der Waals surface area contributed by atoms with E-state index >= 15 is 0 Å². The molecule has 54 heavy (non-hydrogen) atoms. The van der Waals surface area contributed by atoms with Crippen LogP contribution in [0.5, 0.6) is 5.75 Å². The highest BCUT2D eigenvalue weighted by Gasteiger charge is 2.56. The molecule has 1 N–H and O–H groups in total. The van der Waals surface area contributed by atoms with Crippen LogP contribution in [0.25, 0.3) is 0 Å². The lowest BCUT2D eigenvalue weighted by atomic mass is 9.90. The zero-order valence-electron chi connectivity index (χ0n) is 32.5. The summed E-state index contributed by atoms with van der Waals surface area (Å²) in [5.41, 5.74) is 0.419. The van der Waals surface area contributed by atoms with Crippen LogP contribution < -0.4 is 4.43 Å². The van der Waals surface area contributed by atoms with Crippen LogP contribution in [0.4, 0.5) is 0 Å². The van der Waals surface area contributed by atoms with Crippen molar-refractivity contribution in [3.8, 4) is 5.75 Å². The Balaban J connectivity index is 2.17. The molecule has 0 unspecified atom stereocenters. The molecule has 1 aromatic carbocycles. The molecule has 0 saturated carbocycles. The molecule has 3 rings (SSSR count). The third kappa shape index (κ3) is 11.9. The number of hydrogen-bond donors (Lipinski definition) is 1. The largest absolute Gasteiger partial charge is 0.543 e. The second kappa shape index (κ2) is 18.5. The highest BCUT2D eigenvalue weighted by Crippen LogP contribution is 2.41. The number of carbonyl (C=O) groups excluding carboxylic acids is 6. The van der Waals surface area contributed by atoms with Gasteiger partial charge in [0, 0.05) is 41.5 Å². The molecule has 18 heteroatoms. The van der Waals surface area contributed by atoms with Gasteiger partial charge in [-0.05, 0) is 35.8 Å². The van der Waals surface area contributed by atoms with Gasteiger partial charge in [0.05, 0.1) is 0 Å². The zero-order chi connectivity index (χ0) is 40.7. The van der Waals surface area contributed by atoms with Crippen molar-refractivity contribution in [3.63, 3.8) is 0 Å². The standard InChI is InChI=1S/C36H52O17Si/c1-18(37)44-16-26-30(46-20(3)39)32(28(43)29(50-26)24-13-12-14-25(15-24)53-54(10,11)36(7,8)9)52-35-34(49-23(6)42)33(48-22(5)41)31(47-21(4)40)27(51-35)17-45-19(2)38/h12-15,26-35,43H,16-17H2,1-11H3/t26-,27-,28-,29-,30-,31-,32-,33-,34-,35-/m1/s1. The summed E-state index contributed by atoms with van der Waals surface area (Å²) >= 11 is 0. The number of ether oxygens (including phenoxy) is 9. The smallest absolute Gasteiger partial charge is 0.303 e. The van der Waals surface area contributed by atoms with E-state index in [2.05, 4.69) is 33.9 Å².